The van der Waals surface area contributed by atoms with Gasteiger partial charge in [0, 0.05) is 5.56 Å². The van der Waals surface area contributed by atoms with Crippen molar-refractivity contribution in [3.8, 4) is 23.0 Å². The number of thiocarbonyl (C=S) groups is 1. The minimum absolute atomic E-state index is 0.123. The highest BCUT2D eigenvalue weighted by Gasteiger charge is 2.14. The molecule has 0 aliphatic rings. The topological polar surface area (TPSA) is 85.6 Å². The summed E-state index contributed by atoms with van der Waals surface area (Å²) >= 11 is 5.33. The van der Waals surface area contributed by atoms with Crippen LogP contribution in [0.5, 0.6) is 11.5 Å². The number of hydrogen-bond acceptors (Lipinski definition) is 6. The van der Waals surface area contributed by atoms with Crippen LogP contribution < -0.4 is 20.1 Å². The summed E-state index contributed by atoms with van der Waals surface area (Å²) in [6.07, 6.45) is 0. The van der Waals surface area contributed by atoms with Gasteiger partial charge in [-0.15, -0.1) is 0 Å². The first-order valence-electron chi connectivity index (χ1n) is 11.2. The second kappa shape index (κ2) is 10.6. The number of carbonyl (C=O) groups excluding carboxylic acids is 1. The van der Waals surface area contributed by atoms with Crippen LogP contribution in [-0.2, 0) is 4.79 Å². The van der Waals surface area contributed by atoms with Gasteiger partial charge in [0.2, 0.25) is 5.89 Å². The van der Waals surface area contributed by atoms with Gasteiger partial charge in [0.05, 0.1) is 12.8 Å². The zero-order valence-corrected chi connectivity index (χ0v) is 20.9. The average Bonchev–Trinajstić information content (AvgIpc) is 3.27. The Bertz CT molecular complexity index is 1380. The molecule has 0 fully saturated rings. The van der Waals surface area contributed by atoms with E-state index < -0.39 is 0 Å². The number of aromatic nitrogens is 1. The van der Waals surface area contributed by atoms with Gasteiger partial charge in [-0.3, -0.25) is 10.1 Å². The van der Waals surface area contributed by atoms with Gasteiger partial charge in [0.15, 0.2) is 17.3 Å². The Morgan fingerprint density at radius 2 is 1.89 bits per heavy atom. The van der Waals surface area contributed by atoms with Gasteiger partial charge in [0.1, 0.15) is 17.0 Å². The number of aryl methyl sites for hydroxylation is 1. The summed E-state index contributed by atoms with van der Waals surface area (Å²) in [5.74, 6) is 1.71. The number of amides is 1. The molecule has 0 atom stereocenters. The number of anilines is 1. The normalized spacial score (nSPS) is 10.9. The van der Waals surface area contributed by atoms with E-state index in [0.717, 1.165) is 16.6 Å². The Morgan fingerprint density at radius 3 is 2.63 bits per heavy atom. The minimum Gasteiger partial charge on any atom is -0.495 e. The Morgan fingerprint density at radius 1 is 1.09 bits per heavy atom. The molecule has 0 aliphatic carbocycles. The van der Waals surface area contributed by atoms with E-state index in [4.69, 9.17) is 26.1 Å². The molecule has 0 radical (unpaired) electrons. The maximum atomic E-state index is 12.3. The molecule has 8 heteroatoms. The lowest BCUT2D eigenvalue weighted by Gasteiger charge is -2.14. The summed E-state index contributed by atoms with van der Waals surface area (Å²) in [5, 5.41) is 5.77. The first-order chi connectivity index (χ1) is 16.8. The molecule has 0 saturated heterocycles. The predicted octanol–water partition coefficient (Wildman–Crippen LogP) is 5.83. The second-order valence-electron chi connectivity index (χ2n) is 8.37. The van der Waals surface area contributed by atoms with Crippen LogP contribution in [0.25, 0.3) is 22.6 Å². The number of hydrogen-bond donors (Lipinski definition) is 2. The summed E-state index contributed by atoms with van der Waals surface area (Å²) < 4.78 is 17.0. The third-order valence-electron chi connectivity index (χ3n) is 5.48. The van der Waals surface area contributed by atoms with Crippen molar-refractivity contribution in [2.45, 2.75) is 26.7 Å². The van der Waals surface area contributed by atoms with Crippen molar-refractivity contribution < 1.29 is 18.7 Å². The van der Waals surface area contributed by atoms with Crippen LogP contribution in [0, 0.1) is 6.92 Å². The van der Waals surface area contributed by atoms with Crippen LogP contribution in [0.4, 0.5) is 5.69 Å². The van der Waals surface area contributed by atoms with Gasteiger partial charge < -0.3 is 19.2 Å². The highest BCUT2D eigenvalue weighted by atomic mass is 32.1. The molecule has 7 nitrogen and oxygen atoms in total. The lowest BCUT2D eigenvalue weighted by molar-refractivity contribution is -0.121. The van der Waals surface area contributed by atoms with E-state index in [1.54, 1.807) is 13.2 Å². The van der Waals surface area contributed by atoms with Gasteiger partial charge in [0.25, 0.3) is 5.91 Å². The smallest absolute Gasteiger partial charge is 0.264 e. The Balaban J connectivity index is 1.47. The summed E-state index contributed by atoms with van der Waals surface area (Å²) in [6.45, 7) is 6.03. The van der Waals surface area contributed by atoms with Crippen molar-refractivity contribution >= 4 is 40.0 Å². The molecule has 0 bridgehead atoms. The standard InChI is InChI=1S/C27H27N3O4S/c1-16(2)18-9-12-24-21(13-18)28-26(34-24)19-10-11-23(32-4)20(14-19)29-27(35)30-25(31)15-33-22-8-6-5-7-17(22)3/h5-14,16H,15H2,1-4H3,(H2,29,30,31,35). The van der Waals surface area contributed by atoms with Crippen molar-refractivity contribution in [3.05, 3.63) is 71.8 Å². The molecule has 0 unspecified atom stereocenters. The fourth-order valence-electron chi connectivity index (χ4n) is 3.54. The molecule has 1 aromatic heterocycles. The molecule has 180 valence electrons. The largest absolute Gasteiger partial charge is 0.495 e. The quantitative estimate of drug-likeness (QED) is 0.316. The van der Waals surface area contributed by atoms with E-state index in [-0.39, 0.29) is 17.6 Å². The van der Waals surface area contributed by atoms with E-state index in [0.29, 0.717) is 34.6 Å². The van der Waals surface area contributed by atoms with Gasteiger partial charge >= 0.3 is 0 Å². The van der Waals surface area contributed by atoms with Crippen LogP contribution >= 0.6 is 12.2 Å². The van der Waals surface area contributed by atoms with Crippen LogP contribution in [-0.4, -0.2) is 29.7 Å². The highest BCUT2D eigenvalue weighted by Crippen LogP contribution is 2.32. The number of nitrogens with one attached hydrogen (secondary N) is 2. The molecule has 0 saturated carbocycles. The third-order valence-corrected chi connectivity index (χ3v) is 5.68. The summed E-state index contributed by atoms with van der Waals surface area (Å²) in [4.78, 5) is 17.0. The Kier molecular flexibility index (Phi) is 7.31. The average molecular weight is 490 g/mol. The number of rotatable bonds is 7. The summed E-state index contributed by atoms with van der Waals surface area (Å²) in [7, 11) is 1.56. The predicted molar refractivity (Wildman–Crippen MR) is 141 cm³/mol. The van der Waals surface area contributed by atoms with Gasteiger partial charge in [-0.25, -0.2) is 4.98 Å². The molecular weight excluding hydrogens is 462 g/mol. The lowest BCUT2D eigenvalue weighted by atomic mass is 10.0. The summed E-state index contributed by atoms with van der Waals surface area (Å²) in [6, 6.07) is 19.0. The molecule has 4 aromatic rings. The number of nitrogens with zero attached hydrogens (tertiary/aromatic N) is 1. The van der Waals surface area contributed by atoms with Crippen molar-refractivity contribution in [2.24, 2.45) is 0 Å². The number of oxazole rings is 1. The van der Waals surface area contributed by atoms with Crippen LogP contribution in [0.2, 0.25) is 0 Å². The van der Waals surface area contributed by atoms with E-state index in [1.165, 1.54) is 5.56 Å². The first kappa shape index (κ1) is 24.2. The molecule has 0 aliphatic heterocycles. The first-order valence-corrected chi connectivity index (χ1v) is 11.6. The fourth-order valence-corrected chi connectivity index (χ4v) is 3.77. The Labute approximate surface area is 209 Å². The van der Waals surface area contributed by atoms with Crippen LogP contribution in [0.15, 0.2) is 65.1 Å². The molecule has 35 heavy (non-hydrogen) atoms. The Hall–Kier alpha value is -3.91. The minimum atomic E-state index is -0.374. The number of carbonyl (C=O) groups is 1. The maximum Gasteiger partial charge on any atom is 0.264 e. The highest BCUT2D eigenvalue weighted by molar-refractivity contribution is 7.80. The number of methoxy groups -OCH3 is 1. The van der Waals surface area contributed by atoms with E-state index in [2.05, 4.69) is 29.5 Å². The number of para-hydroxylation sites is 1. The number of ether oxygens (including phenoxy) is 2. The van der Waals surface area contributed by atoms with Crippen molar-refractivity contribution in [2.75, 3.05) is 19.0 Å². The van der Waals surface area contributed by atoms with Gasteiger partial charge in [-0.2, -0.15) is 0 Å². The molecule has 3 aromatic carbocycles. The van der Waals surface area contributed by atoms with Crippen LogP contribution in [0.3, 0.4) is 0 Å². The zero-order valence-electron chi connectivity index (χ0n) is 20.0. The lowest BCUT2D eigenvalue weighted by Crippen LogP contribution is -2.37. The SMILES string of the molecule is COc1ccc(-c2nc3cc(C(C)C)ccc3o2)cc1NC(=S)NC(=O)COc1ccccc1C. The van der Waals surface area contributed by atoms with E-state index in [1.807, 2.05) is 61.5 Å². The maximum absolute atomic E-state index is 12.3. The molecule has 4 rings (SSSR count). The second-order valence-corrected chi connectivity index (χ2v) is 8.78. The monoisotopic (exact) mass is 489 g/mol. The summed E-state index contributed by atoms with van der Waals surface area (Å²) in [5.41, 5.74) is 4.97. The zero-order chi connectivity index (χ0) is 24.9. The van der Waals surface area contributed by atoms with Gasteiger partial charge in [-0.1, -0.05) is 38.1 Å². The molecule has 1 heterocycles. The number of benzene rings is 3. The van der Waals surface area contributed by atoms with E-state index >= 15 is 0 Å². The van der Waals surface area contributed by atoms with Gasteiger partial charge in [-0.05, 0) is 72.6 Å². The molecule has 1 amide bonds. The third kappa shape index (κ3) is 5.78. The fraction of sp³-hybridized carbons (Fsp3) is 0.222. The van der Waals surface area contributed by atoms with Crippen LogP contribution in [0.1, 0.15) is 30.9 Å². The van der Waals surface area contributed by atoms with Crippen molar-refractivity contribution in [1.82, 2.24) is 10.3 Å². The van der Waals surface area contributed by atoms with E-state index in [9.17, 15) is 4.79 Å². The number of fused-ring (bicyclic) bond motifs is 1. The van der Waals surface area contributed by atoms with Crippen molar-refractivity contribution in [3.63, 3.8) is 0 Å². The molecule has 2 N–H and O–H groups in total. The van der Waals surface area contributed by atoms with Crippen molar-refractivity contribution in [1.29, 1.82) is 0 Å². The molecule has 0 spiro atoms. The molecular formula is C27H27N3O4S.